The highest BCUT2D eigenvalue weighted by molar-refractivity contribution is 5.71. The normalized spacial score (nSPS) is 16.0. The number of ether oxygens (including phenoxy) is 1. The summed E-state index contributed by atoms with van der Waals surface area (Å²) in [6.07, 6.45) is 0.852. The van der Waals surface area contributed by atoms with Crippen molar-refractivity contribution in [1.29, 1.82) is 0 Å². The second-order valence-electron chi connectivity index (χ2n) is 5.67. The molecule has 1 fully saturated rings. The first-order valence-corrected chi connectivity index (χ1v) is 7.89. The van der Waals surface area contributed by atoms with Crippen LogP contribution < -0.4 is 4.90 Å². The Labute approximate surface area is 136 Å². The van der Waals surface area contributed by atoms with Gasteiger partial charge in [-0.15, -0.1) is 0 Å². The molecule has 0 aromatic heterocycles. The van der Waals surface area contributed by atoms with Crippen molar-refractivity contribution >= 4 is 17.3 Å². The minimum absolute atomic E-state index is 0.142. The minimum Gasteiger partial charge on any atom is -0.465 e. The molecule has 0 aliphatic carbocycles. The maximum atomic E-state index is 11.6. The molecule has 7 heteroatoms. The molecule has 0 spiro atoms. The van der Waals surface area contributed by atoms with Crippen molar-refractivity contribution in [3.8, 4) is 0 Å². The number of rotatable bonds is 5. The largest absolute Gasteiger partial charge is 0.465 e. The molecular weight excluding hydrogens is 298 g/mol. The van der Waals surface area contributed by atoms with Crippen LogP contribution in [0.15, 0.2) is 18.2 Å². The highest BCUT2D eigenvalue weighted by atomic mass is 16.6. The van der Waals surface area contributed by atoms with Crippen LogP contribution in [0.1, 0.15) is 18.9 Å². The molecule has 0 atom stereocenters. The van der Waals surface area contributed by atoms with E-state index in [2.05, 4.69) is 0 Å². The number of nitrogens with zero attached hydrogens (tertiary/aromatic N) is 3. The number of anilines is 1. The average Bonchev–Trinajstić information content (AvgIpc) is 2.73. The Hall–Kier alpha value is -2.15. The van der Waals surface area contributed by atoms with Crippen molar-refractivity contribution in [2.24, 2.45) is 0 Å². The first-order valence-electron chi connectivity index (χ1n) is 7.89. The van der Waals surface area contributed by atoms with Crippen LogP contribution in [0.5, 0.6) is 0 Å². The van der Waals surface area contributed by atoms with Gasteiger partial charge >= 0.3 is 5.97 Å². The summed E-state index contributed by atoms with van der Waals surface area (Å²) in [6.45, 7) is 7.16. The first-order chi connectivity index (χ1) is 11.0. The third-order valence-corrected chi connectivity index (χ3v) is 3.91. The SMILES string of the molecule is CCOC(=O)CN1CCCN(c2ccc(C)cc2[N+](=O)[O-])CC1. The topological polar surface area (TPSA) is 75.9 Å². The van der Waals surface area contributed by atoms with Gasteiger partial charge in [-0.2, -0.15) is 0 Å². The summed E-state index contributed by atoms with van der Waals surface area (Å²) in [5, 5.41) is 11.3. The summed E-state index contributed by atoms with van der Waals surface area (Å²) in [5.74, 6) is -0.220. The monoisotopic (exact) mass is 321 g/mol. The van der Waals surface area contributed by atoms with E-state index in [0.717, 1.165) is 25.1 Å². The van der Waals surface area contributed by atoms with E-state index in [1.807, 2.05) is 28.9 Å². The van der Waals surface area contributed by atoms with Crippen molar-refractivity contribution in [1.82, 2.24) is 4.90 Å². The molecule has 0 unspecified atom stereocenters. The Morgan fingerprint density at radius 2 is 2.09 bits per heavy atom. The van der Waals surface area contributed by atoms with Crippen LogP contribution in [-0.4, -0.2) is 55.1 Å². The quantitative estimate of drug-likeness (QED) is 0.469. The fraction of sp³-hybridized carbons (Fsp3) is 0.562. The van der Waals surface area contributed by atoms with Crippen molar-refractivity contribution in [2.75, 3.05) is 44.2 Å². The number of benzene rings is 1. The van der Waals surface area contributed by atoms with Gasteiger partial charge in [0.1, 0.15) is 5.69 Å². The number of esters is 1. The summed E-state index contributed by atoms with van der Waals surface area (Å²) < 4.78 is 4.98. The molecule has 126 valence electrons. The average molecular weight is 321 g/mol. The molecule has 0 saturated carbocycles. The van der Waals surface area contributed by atoms with Gasteiger partial charge < -0.3 is 9.64 Å². The number of aryl methyl sites for hydroxylation is 1. The molecule has 2 rings (SSSR count). The Morgan fingerprint density at radius 1 is 1.30 bits per heavy atom. The number of hydrogen-bond donors (Lipinski definition) is 0. The van der Waals surface area contributed by atoms with Gasteiger partial charge in [0.05, 0.1) is 18.1 Å². The van der Waals surface area contributed by atoms with Crippen LogP contribution in [-0.2, 0) is 9.53 Å². The lowest BCUT2D eigenvalue weighted by atomic mass is 10.1. The third kappa shape index (κ3) is 4.66. The molecule has 0 radical (unpaired) electrons. The van der Waals surface area contributed by atoms with Gasteiger partial charge in [0, 0.05) is 32.2 Å². The lowest BCUT2D eigenvalue weighted by Crippen LogP contribution is -2.35. The second-order valence-corrected chi connectivity index (χ2v) is 5.67. The molecule has 0 amide bonds. The molecule has 1 aromatic carbocycles. The van der Waals surface area contributed by atoms with Crippen LogP contribution in [0.4, 0.5) is 11.4 Å². The number of carbonyl (C=O) groups excluding carboxylic acids is 1. The Bertz CT molecular complexity index is 576. The van der Waals surface area contributed by atoms with E-state index in [1.54, 1.807) is 13.0 Å². The molecule has 23 heavy (non-hydrogen) atoms. The summed E-state index contributed by atoms with van der Waals surface area (Å²) in [6, 6.07) is 5.31. The summed E-state index contributed by atoms with van der Waals surface area (Å²) >= 11 is 0. The molecule has 1 heterocycles. The number of hydrogen-bond acceptors (Lipinski definition) is 6. The highest BCUT2D eigenvalue weighted by Crippen LogP contribution is 2.29. The first kappa shape index (κ1) is 17.2. The number of carbonyl (C=O) groups is 1. The lowest BCUT2D eigenvalue weighted by Gasteiger charge is -2.23. The molecule has 1 aromatic rings. The van der Waals surface area contributed by atoms with Crippen LogP contribution in [0.3, 0.4) is 0 Å². The molecule has 0 N–H and O–H groups in total. The van der Waals surface area contributed by atoms with Crippen LogP contribution in [0.25, 0.3) is 0 Å². The number of nitro benzene ring substituents is 1. The van der Waals surface area contributed by atoms with Gasteiger partial charge in [0.2, 0.25) is 0 Å². The van der Waals surface area contributed by atoms with E-state index < -0.39 is 0 Å². The van der Waals surface area contributed by atoms with Crippen LogP contribution in [0.2, 0.25) is 0 Å². The van der Waals surface area contributed by atoms with Gasteiger partial charge in [-0.1, -0.05) is 6.07 Å². The van der Waals surface area contributed by atoms with E-state index in [9.17, 15) is 14.9 Å². The zero-order chi connectivity index (χ0) is 16.8. The van der Waals surface area contributed by atoms with Crippen molar-refractivity contribution in [3.63, 3.8) is 0 Å². The number of nitro groups is 1. The van der Waals surface area contributed by atoms with Crippen molar-refractivity contribution in [2.45, 2.75) is 20.3 Å². The predicted molar refractivity (Wildman–Crippen MR) is 87.7 cm³/mol. The fourth-order valence-corrected chi connectivity index (χ4v) is 2.81. The van der Waals surface area contributed by atoms with Gasteiger partial charge in [-0.25, -0.2) is 0 Å². The Kier molecular flexibility index (Phi) is 5.92. The lowest BCUT2D eigenvalue weighted by molar-refractivity contribution is -0.384. The maximum absolute atomic E-state index is 11.6. The van der Waals surface area contributed by atoms with Gasteiger partial charge in [-0.3, -0.25) is 19.8 Å². The van der Waals surface area contributed by atoms with Gasteiger partial charge in [-0.05, 0) is 31.9 Å². The molecule has 0 bridgehead atoms. The minimum atomic E-state index is -0.330. The van der Waals surface area contributed by atoms with E-state index in [4.69, 9.17) is 4.74 Å². The Morgan fingerprint density at radius 3 is 2.78 bits per heavy atom. The fourth-order valence-electron chi connectivity index (χ4n) is 2.81. The standard InChI is InChI=1S/C16H23N3O4/c1-3-23-16(20)12-17-7-4-8-18(10-9-17)14-6-5-13(2)11-15(14)19(21)22/h5-6,11H,3-4,7-10,12H2,1-2H3. The highest BCUT2D eigenvalue weighted by Gasteiger charge is 2.23. The van der Waals surface area contributed by atoms with Gasteiger partial charge in [0.15, 0.2) is 0 Å². The van der Waals surface area contributed by atoms with Crippen LogP contribution >= 0.6 is 0 Å². The van der Waals surface area contributed by atoms with E-state index in [-0.39, 0.29) is 23.1 Å². The van der Waals surface area contributed by atoms with Crippen molar-refractivity contribution < 1.29 is 14.5 Å². The molecule has 1 saturated heterocycles. The van der Waals surface area contributed by atoms with Crippen LogP contribution in [0, 0.1) is 17.0 Å². The van der Waals surface area contributed by atoms with Crippen molar-refractivity contribution in [3.05, 3.63) is 33.9 Å². The summed E-state index contributed by atoms with van der Waals surface area (Å²) in [7, 11) is 0. The smallest absolute Gasteiger partial charge is 0.320 e. The summed E-state index contributed by atoms with van der Waals surface area (Å²) in [4.78, 5) is 26.6. The molecule has 1 aliphatic rings. The maximum Gasteiger partial charge on any atom is 0.320 e. The molecule has 7 nitrogen and oxygen atoms in total. The van der Waals surface area contributed by atoms with E-state index in [0.29, 0.717) is 25.4 Å². The zero-order valence-corrected chi connectivity index (χ0v) is 13.7. The van der Waals surface area contributed by atoms with Gasteiger partial charge in [0.25, 0.3) is 5.69 Å². The third-order valence-electron chi connectivity index (χ3n) is 3.91. The molecular formula is C16H23N3O4. The van der Waals surface area contributed by atoms with E-state index in [1.165, 1.54) is 0 Å². The second kappa shape index (κ2) is 7.92. The predicted octanol–water partition coefficient (Wildman–Crippen LogP) is 1.98. The Balaban J connectivity index is 2.06. The molecule has 1 aliphatic heterocycles. The zero-order valence-electron chi connectivity index (χ0n) is 13.7. The van der Waals surface area contributed by atoms with E-state index >= 15 is 0 Å². The summed E-state index contributed by atoms with van der Waals surface area (Å²) in [5.41, 5.74) is 1.67.